The van der Waals surface area contributed by atoms with Crippen LogP contribution in [0.4, 0.5) is 0 Å². The molecule has 22 heavy (non-hydrogen) atoms. The molecule has 0 atom stereocenters. The van der Waals surface area contributed by atoms with Gasteiger partial charge in [0.2, 0.25) is 11.8 Å². The largest absolute Gasteiger partial charge is 0.366 e. The first-order valence-corrected chi connectivity index (χ1v) is 11.0. The van der Waals surface area contributed by atoms with Crippen molar-refractivity contribution in [1.29, 1.82) is 0 Å². The maximum absolute atomic E-state index is 12.8. The molecule has 0 bridgehead atoms. The summed E-state index contributed by atoms with van der Waals surface area (Å²) in [6.07, 6.45) is 0. The second kappa shape index (κ2) is 5.39. The molecule has 0 aliphatic carbocycles. The molecule has 0 radical (unpaired) electrons. The van der Waals surface area contributed by atoms with Gasteiger partial charge >= 0.3 is 0 Å². The summed E-state index contributed by atoms with van der Waals surface area (Å²) in [5, 5.41) is 2.07. The Morgan fingerprint density at radius 2 is 1.77 bits per heavy atom. The summed E-state index contributed by atoms with van der Waals surface area (Å²) in [6, 6.07) is 5.34. The number of hydrogen-bond donors (Lipinski definition) is 1. The average Bonchev–Trinajstić information content (AvgIpc) is 2.70. The molecule has 0 spiro atoms. The van der Waals surface area contributed by atoms with E-state index in [0.29, 0.717) is 5.56 Å². The predicted molar refractivity (Wildman–Crippen MR) is 93.6 cm³/mol. The van der Waals surface area contributed by atoms with E-state index in [1.165, 1.54) is 0 Å². The van der Waals surface area contributed by atoms with Crippen LogP contribution in [-0.2, 0) is 0 Å². The van der Waals surface area contributed by atoms with Gasteiger partial charge in [-0.3, -0.25) is 14.2 Å². The number of aryl methyl sites for hydroxylation is 1. The quantitative estimate of drug-likeness (QED) is 0.885. The van der Waals surface area contributed by atoms with Crippen LogP contribution in [-0.4, -0.2) is 24.5 Å². The third kappa shape index (κ3) is 2.61. The molecule has 5 heteroatoms. The molecule has 1 aromatic carbocycles. The molecular weight excluding hydrogens is 292 g/mol. The Morgan fingerprint density at radius 3 is 2.23 bits per heavy atom. The average molecular weight is 316 g/mol. The molecule has 0 fully saturated rings. The van der Waals surface area contributed by atoms with Gasteiger partial charge in [0.1, 0.15) is 0 Å². The van der Waals surface area contributed by atoms with Gasteiger partial charge in [-0.05, 0) is 30.7 Å². The van der Waals surface area contributed by atoms with Crippen LogP contribution in [0.1, 0.15) is 34.6 Å². The topological polar surface area (TPSA) is 65.1 Å². The first-order chi connectivity index (χ1) is 10.1. The van der Waals surface area contributed by atoms with Crippen LogP contribution in [0.25, 0.3) is 10.9 Å². The van der Waals surface area contributed by atoms with Gasteiger partial charge < -0.3 is 5.73 Å². The second-order valence-electron chi connectivity index (χ2n) is 7.15. The maximum atomic E-state index is 12.8. The van der Waals surface area contributed by atoms with Crippen LogP contribution in [0.15, 0.2) is 18.2 Å². The molecular formula is C17H24N2O2Si. The third-order valence-corrected chi connectivity index (χ3v) is 5.95. The van der Waals surface area contributed by atoms with E-state index < -0.39 is 14.0 Å². The van der Waals surface area contributed by atoms with Gasteiger partial charge in [-0.2, -0.15) is 0 Å². The summed E-state index contributed by atoms with van der Waals surface area (Å²) in [4.78, 5) is 24.2. The van der Waals surface area contributed by atoms with Crippen molar-refractivity contribution in [2.24, 2.45) is 11.7 Å². The molecule has 2 N–H and O–H groups in total. The lowest BCUT2D eigenvalue weighted by Crippen LogP contribution is -2.46. The second-order valence-corrected chi connectivity index (χ2v) is 12.1. The predicted octanol–water partition coefficient (Wildman–Crippen LogP) is 2.89. The summed E-state index contributed by atoms with van der Waals surface area (Å²) >= 11 is 0. The highest BCUT2D eigenvalue weighted by molar-refractivity contribution is 6.89. The van der Waals surface area contributed by atoms with Crippen LogP contribution < -0.4 is 11.1 Å². The summed E-state index contributed by atoms with van der Waals surface area (Å²) < 4.78 is 1.87. The lowest BCUT2D eigenvalue weighted by atomic mass is 10.1. The van der Waals surface area contributed by atoms with Crippen molar-refractivity contribution in [3.05, 3.63) is 29.3 Å². The number of nitrogens with zero attached hydrogens (tertiary/aromatic N) is 1. The van der Waals surface area contributed by atoms with E-state index in [-0.39, 0.29) is 11.8 Å². The normalized spacial score (nSPS) is 12.1. The molecule has 1 amide bonds. The molecule has 0 saturated heterocycles. The fourth-order valence-corrected chi connectivity index (χ4v) is 5.15. The number of benzene rings is 1. The van der Waals surface area contributed by atoms with Crippen LogP contribution in [0.2, 0.25) is 19.6 Å². The van der Waals surface area contributed by atoms with Gasteiger partial charge in [-0.15, -0.1) is 0 Å². The highest BCUT2D eigenvalue weighted by Gasteiger charge is 2.30. The Morgan fingerprint density at radius 1 is 1.18 bits per heavy atom. The van der Waals surface area contributed by atoms with Gasteiger partial charge in [-0.25, -0.2) is 0 Å². The number of fused-ring (bicyclic) bond motifs is 1. The van der Waals surface area contributed by atoms with Gasteiger partial charge in [0.25, 0.3) is 0 Å². The van der Waals surface area contributed by atoms with Crippen molar-refractivity contribution in [3.8, 4) is 0 Å². The molecule has 2 rings (SSSR count). The molecule has 1 heterocycles. The zero-order valence-electron chi connectivity index (χ0n) is 14.2. The highest BCUT2D eigenvalue weighted by Crippen LogP contribution is 2.24. The zero-order chi connectivity index (χ0) is 16.8. The third-order valence-electron chi connectivity index (χ3n) is 3.93. The van der Waals surface area contributed by atoms with Crippen LogP contribution in [0.3, 0.4) is 0 Å². The Labute approximate surface area is 132 Å². The maximum Gasteiger partial charge on any atom is 0.248 e. The molecule has 4 nitrogen and oxygen atoms in total. The van der Waals surface area contributed by atoms with E-state index in [9.17, 15) is 9.59 Å². The molecule has 2 aromatic rings. The Balaban J connectivity index is 2.91. The number of amides is 1. The molecule has 0 unspecified atom stereocenters. The highest BCUT2D eigenvalue weighted by atomic mass is 28.3. The van der Waals surface area contributed by atoms with Crippen molar-refractivity contribution >= 4 is 36.1 Å². The SMILES string of the molecule is Cc1c([Si](C)(C)C)n(C(=O)C(C)C)c2ccc(C(N)=O)cc12. The molecule has 0 aliphatic heterocycles. The molecule has 118 valence electrons. The van der Waals surface area contributed by atoms with E-state index in [2.05, 4.69) is 19.6 Å². The van der Waals surface area contributed by atoms with Crippen molar-refractivity contribution in [2.45, 2.75) is 40.4 Å². The van der Waals surface area contributed by atoms with E-state index in [1.54, 1.807) is 12.1 Å². The Bertz CT molecular complexity index is 767. The molecule has 1 aromatic heterocycles. The summed E-state index contributed by atoms with van der Waals surface area (Å²) in [7, 11) is -1.73. The van der Waals surface area contributed by atoms with Crippen LogP contribution >= 0.6 is 0 Å². The van der Waals surface area contributed by atoms with Crippen LogP contribution in [0.5, 0.6) is 0 Å². The molecule has 0 aliphatic rings. The van der Waals surface area contributed by atoms with Crippen molar-refractivity contribution < 1.29 is 9.59 Å². The van der Waals surface area contributed by atoms with E-state index in [1.807, 2.05) is 31.4 Å². The van der Waals surface area contributed by atoms with Crippen LogP contribution in [0, 0.1) is 12.8 Å². The number of aromatic nitrogens is 1. The minimum atomic E-state index is -1.73. The van der Waals surface area contributed by atoms with Crippen molar-refractivity contribution in [2.75, 3.05) is 0 Å². The fourth-order valence-electron chi connectivity index (χ4n) is 2.99. The number of carbonyl (C=O) groups excluding carboxylic acids is 2. The first-order valence-electron chi connectivity index (χ1n) is 7.55. The smallest absolute Gasteiger partial charge is 0.248 e. The lowest BCUT2D eigenvalue weighted by Gasteiger charge is -2.21. The fraction of sp³-hybridized carbons (Fsp3) is 0.412. The number of carbonyl (C=O) groups is 2. The number of primary amides is 1. The standard InChI is InChI=1S/C17H24N2O2Si/c1-10(2)16(21)19-14-8-7-12(15(18)20)9-13(14)11(3)17(19)22(4,5)6/h7-10H,1-6H3,(H2,18,20). The zero-order valence-corrected chi connectivity index (χ0v) is 15.2. The minimum absolute atomic E-state index is 0.0825. The first kappa shape index (κ1) is 16.5. The van der Waals surface area contributed by atoms with Gasteiger partial charge in [0.15, 0.2) is 0 Å². The minimum Gasteiger partial charge on any atom is -0.366 e. The van der Waals surface area contributed by atoms with E-state index in [0.717, 1.165) is 21.8 Å². The number of hydrogen-bond acceptors (Lipinski definition) is 2. The van der Waals surface area contributed by atoms with Gasteiger partial charge in [0, 0.05) is 22.2 Å². The Hall–Kier alpha value is -1.88. The van der Waals surface area contributed by atoms with Gasteiger partial charge in [0.05, 0.1) is 13.6 Å². The summed E-state index contributed by atoms with van der Waals surface area (Å²) in [6.45, 7) is 12.5. The van der Waals surface area contributed by atoms with Crippen molar-refractivity contribution in [1.82, 2.24) is 4.57 Å². The van der Waals surface area contributed by atoms with Crippen molar-refractivity contribution in [3.63, 3.8) is 0 Å². The summed E-state index contributed by atoms with van der Waals surface area (Å²) in [5.41, 5.74) is 7.83. The van der Waals surface area contributed by atoms with Gasteiger partial charge in [-0.1, -0.05) is 33.5 Å². The molecule has 0 saturated carbocycles. The Kier molecular flexibility index (Phi) is 4.04. The summed E-state index contributed by atoms with van der Waals surface area (Å²) in [5.74, 6) is -0.429. The monoisotopic (exact) mass is 316 g/mol. The number of nitrogens with two attached hydrogens (primary N) is 1. The lowest BCUT2D eigenvalue weighted by molar-refractivity contribution is 0.0863. The number of rotatable bonds is 3. The van der Waals surface area contributed by atoms with E-state index in [4.69, 9.17) is 5.73 Å². The van der Waals surface area contributed by atoms with E-state index >= 15 is 0 Å².